The van der Waals surface area contributed by atoms with Crippen molar-refractivity contribution in [2.24, 2.45) is 0 Å². The summed E-state index contributed by atoms with van der Waals surface area (Å²) in [6.45, 7) is 1.06. The molecule has 1 atom stereocenters. The Labute approximate surface area is 131 Å². The highest BCUT2D eigenvalue weighted by atomic mass is 32.2. The smallest absolute Gasteiger partial charge is 0.331 e. The molecule has 0 aliphatic rings. The number of carboxylic acids is 1. The third kappa shape index (κ3) is 3.95. The number of carbonyl (C=O) groups is 2. The first-order valence-corrected chi connectivity index (χ1v) is 7.35. The number of nitrogens with one attached hydrogen (secondary N) is 1. The molecule has 0 aliphatic carbocycles. The van der Waals surface area contributed by atoms with Crippen LogP contribution in [0.4, 0.5) is 5.69 Å². The fourth-order valence-electron chi connectivity index (χ4n) is 1.74. The molecule has 0 saturated heterocycles. The zero-order chi connectivity index (χ0) is 16.9. The van der Waals surface area contributed by atoms with Crippen molar-refractivity contribution in [1.29, 1.82) is 0 Å². The van der Waals surface area contributed by atoms with E-state index in [1.807, 2.05) is 0 Å². The van der Waals surface area contributed by atoms with E-state index in [1.165, 1.54) is 37.9 Å². The van der Waals surface area contributed by atoms with Crippen molar-refractivity contribution in [3.05, 3.63) is 33.9 Å². The van der Waals surface area contributed by atoms with E-state index < -0.39 is 22.3 Å². The molecule has 1 aromatic carbocycles. The van der Waals surface area contributed by atoms with Gasteiger partial charge in [-0.1, -0.05) is 0 Å². The lowest BCUT2D eigenvalue weighted by Crippen LogP contribution is -2.55. The Morgan fingerprint density at radius 2 is 2.14 bits per heavy atom. The van der Waals surface area contributed by atoms with Gasteiger partial charge in [0.2, 0.25) is 0 Å². The predicted molar refractivity (Wildman–Crippen MR) is 80.3 cm³/mol. The van der Waals surface area contributed by atoms with Crippen LogP contribution in [0.25, 0.3) is 0 Å². The molecule has 0 fully saturated rings. The fourth-order valence-corrected chi connectivity index (χ4v) is 2.28. The molecule has 22 heavy (non-hydrogen) atoms. The van der Waals surface area contributed by atoms with Crippen molar-refractivity contribution in [3.63, 3.8) is 0 Å². The van der Waals surface area contributed by atoms with E-state index in [0.717, 1.165) is 6.07 Å². The maximum Gasteiger partial charge on any atom is 0.331 e. The van der Waals surface area contributed by atoms with E-state index in [4.69, 9.17) is 4.74 Å². The van der Waals surface area contributed by atoms with Crippen molar-refractivity contribution in [2.45, 2.75) is 17.4 Å². The summed E-state index contributed by atoms with van der Waals surface area (Å²) in [6, 6.07) is 3.98. The summed E-state index contributed by atoms with van der Waals surface area (Å²) in [4.78, 5) is 34.2. The van der Waals surface area contributed by atoms with Gasteiger partial charge in [0.15, 0.2) is 5.54 Å². The lowest BCUT2D eigenvalue weighted by atomic mass is 10.0. The summed E-state index contributed by atoms with van der Waals surface area (Å²) in [5, 5.41) is 22.5. The number of hydrogen-bond donors (Lipinski definition) is 2. The second-order valence-electron chi connectivity index (χ2n) is 4.67. The van der Waals surface area contributed by atoms with Gasteiger partial charge in [-0.2, -0.15) is 0 Å². The molecule has 9 heteroatoms. The zero-order valence-corrected chi connectivity index (χ0v) is 13.1. The maximum atomic E-state index is 12.2. The minimum Gasteiger partial charge on any atom is -0.479 e. The van der Waals surface area contributed by atoms with Gasteiger partial charge in [0.25, 0.3) is 11.6 Å². The molecule has 0 radical (unpaired) electrons. The van der Waals surface area contributed by atoms with Crippen LogP contribution in [-0.2, 0) is 9.53 Å². The molecule has 1 amide bonds. The summed E-state index contributed by atoms with van der Waals surface area (Å²) in [6.07, 6.45) is 1.68. The monoisotopic (exact) mass is 328 g/mol. The van der Waals surface area contributed by atoms with Crippen LogP contribution in [0.15, 0.2) is 23.1 Å². The van der Waals surface area contributed by atoms with Crippen LogP contribution in [0.5, 0.6) is 0 Å². The number of nitrogens with zero attached hydrogens (tertiary/aromatic N) is 1. The van der Waals surface area contributed by atoms with Crippen molar-refractivity contribution in [1.82, 2.24) is 5.32 Å². The lowest BCUT2D eigenvalue weighted by Gasteiger charge is -2.25. The summed E-state index contributed by atoms with van der Waals surface area (Å²) in [5.41, 5.74) is -1.82. The highest BCUT2D eigenvalue weighted by molar-refractivity contribution is 7.98. The van der Waals surface area contributed by atoms with Gasteiger partial charge in [-0.15, -0.1) is 11.8 Å². The van der Waals surface area contributed by atoms with Crippen molar-refractivity contribution >= 4 is 29.3 Å². The number of nitro groups is 1. The molecule has 0 bridgehead atoms. The van der Waals surface area contributed by atoms with E-state index in [0.29, 0.717) is 4.90 Å². The number of carboxylic acid groups (broad SMARTS) is 1. The Morgan fingerprint density at radius 3 is 2.59 bits per heavy atom. The number of benzene rings is 1. The molecule has 2 N–H and O–H groups in total. The highest BCUT2D eigenvalue weighted by Crippen LogP contribution is 2.28. The van der Waals surface area contributed by atoms with Crippen LogP contribution in [0, 0.1) is 10.1 Å². The summed E-state index contributed by atoms with van der Waals surface area (Å²) in [5.74, 6) is -1.99. The average Bonchev–Trinajstić information content (AvgIpc) is 2.46. The van der Waals surface area contributed by atoms with Gasteiger partial charge < -0.3 is 15.2 Å². The Hall–Kier alpha value is -2.13. The largest absolute Gasteiger partial charge is 0.479 e. The predicted octanol–water partition coefficient (Wildman–Crippen LogP) is 1.54. The third-order valence-electron chi connectivity index (χ3n) is 2.93. The molecule has 1 unspecified atom stereocenters. The fraction of sp³-hybridized carbons (Fsp3) is 0.385. The first-order chi connectivity index (χ1) is 10.2. The highest BCUT2D eigenvalue weighted by Gasteiger charge is 2.35. The van der Waals surface area contributed by atoms with E-state index >= 15 is 0 Å². The zero-order valence-electron chi connectivity index (χ0n) is 12.3. The Morgan fingerprint density at radius 1 is 1.50 bits per heavy atom. The number of hydrogen-bond acceptors (Lipinski definition) is 6. The van der Waals surface area contributed by atoms with Crippen molar-refractivity contribution in [3.8, 4) is 0 Å². The van der Waals surface area contributed by atoms with Gasteiger partial charge >= 0.3 is 5.97 Å². The van der Waals surface area contributed by atoms with Gasteiger partial charge in [-0.05, 0) is 25.3 Å². The Balaban J connectivity index is 3.10. The van der Waals surface area contributed by atoms with Crippen LogP contribution in [0.3, 0.4) is 0 Å². The van der Waals surface area contributed by atoms with E-state index in [2.05, 4.69) is 5.32 Å². The molecule has 1 aromatic rings. The normalized spacial score (nSPS) is 13.2. The number of methoxy groups -OCH3 is 1. The molecule has 0 heterocycles. The number of carbonyl (C=O) groups excluding carboxylic acids is 1. The minimum absolute atomic E-state index is 0.00748. The van der Waals surface area contributed by atoms with E-state index in [1.54, 1.807) is 6.26 Å². The SMILES string of the molecule is COCC(C)(NC(=O)c1ccc(SC)c([N+](=O)[O-])c1)C(=O)O. The number of rotatable bonds is 7. The first kappa shape index (κ1) is 17.9. The quantitative estimate of drug-likeness (QED) is 0.442. The summed E-state index contributed by atoms with van der Waals surface area (Å²) < 4.78 is 4.80. The van der Waals surface area contributed by atoms with E-state index in [9.17, 15) is 24.8 Å². The van der Waals surface area contributed by atoms with Crippen LogP contribution in [0.1, 0.15) is 17.3 Å². The van der Waals surface area contributed by atoms with E-state index in [-0.39, 0.29) is 17.9 Å². The number of ether oxygens (including phenoxy) is 1. The molecule has 0 spiro atoms. The maximum absolute atomic E-state index is 12.2. The third-order valence-corrected chi connectivity index (χ3v) is 3.72. The van der Waals surface area contributed by atoms with Gasteiger partial charge in [-0.25, -0.2) is 4.79 Å². The topological polar surface area (TPSA) is 119 Å². The molecule has 120 valence electrons. The Kier molecular flexibility index (Phi) is 5.89. The summed E-state index contributed by atoms with van der Waals surface area (Å²) >= 11 is 1.18. The molecule has 8 nitrogen and oxygen atoms in total. The number of thioether (sulfide) groups is 1. The number of amides is 1. The average molecular weight is 328 g/mol. The van der Waals surface area contributed by atoms with Gasteiger partial charge in [0, 0.05) is 18.7 Å². The second kappa shape index (κ2) is 7.23. The van der Waals surface area contributed by atoms with Crippen LogP contribution in [-0.4, -0.2) is 47.4 Å². The standard InChI is InChI=1S/C13H16N2O6S/c1-13(7-21-2,12(17)18)14-11(16)8-4-5-10(22-3)9(6-8)15(19)20/h4-6H,7H2,1-3H3,(H,14,16)(H,17,18). The summed E-state index contributed by atoms with van der Waals surface area (Å²) in [7, 11) is 1.31. The number of nitro benzene ring substituents is 1. The van der Waals surface area contributed by atoms with Gasteiger partial charge in [-0.3, -0.25) is 14.9 Å². The van der Waals surface area contributed by atoms with Gasteiger partial charge in [0.05, 0.1) is 16.4 Å². The minimum atomic E-state index is -1.63. The van der Waals surface area contributed by atoms with Crippen molar-refractivity contribution in [2.75, 3.05) is 20.0 Å². The van der Waals surface area contributed by atoms with Gasteiger partial charge in [0.1, 0.15) is 0 Å². The Bertz CT molecular complexity index is 606. The first-order valence-electron chi connectivity index (χ1n) is 6.12. The van der Waals surface area contributed by atoms with Crippen LogP contribution < -0.4 is 5.32 Å². The van der Waals surface area contributed by atoms with Crippen molar-refractivity contribution < 1.29 is 24.4 Å². The molecule has 0 saturated carbocycles. The molecular formula is C13H16N2O6S. The molecule has 0 aliphatic heterocycles. The molecule has 0 aromatic heterocycles. The van der Waals surface area contributed by atoms with Crippen LogP contribution in [0.2, 0.25) is 0 Å². The molecule has 1 rings (SSSR count). The van der Waals surface area contributed by atoms with Crippen LogP contribution >= 0.6 is 11.8 Å². The molecular weight excluding hydrogens is 312 g/mol. The lowest BCUT2D eigenvalue weighted by molar-refractivity contribution is -0.387. The number of aliphatic carboxylic acids is 1. The second-order valence-corrected chi connectivity index (χ2v) is 5.52.